The molecule has 0 saturated heterocycles. The Labute approximate surface area is 106 Å². The minimum atomic E-state index is -0.694. The Morgan fingerprint density at radius 3 is 2.44 bits per heavy atom. The number of carbonyl (C=O) groups is 2. The minimum Gasteiger partial charge on any atom is -0.467 e. The van der Waals surface area contributed by atoms with E-state index in [0.717, 1.165) is 5.56 Å². The van der Waals surface area contributed by atoms with E-state index in [1.54, 1.807) is 0 Å². The molecule has 1 N–H and O–H groups in total. The van der Waals surface area contributed by atoms with E-state index in [1.165, 1.54) is 14.2 Å². The average molecular weight is 251 g/mol. The first-order valence-corrected chi connectivity index (χ1v) is 5.57. The summed E-state index contributed by atoms with van der Waals surface area (Å²) in [6.07, 6.45) is 0.392. The van der Waals surface area contributed by atoms with Crippen LogP contribution in [0.25, 0.3) is 0 Å². The molecule has 1 aromatic carbocycles. The molecular weight excluding hydrogens is 234 g/mol. The van der Waals surface area contributed by atoms with Crippen LogP contribution in [-0.4, -0.2) is 38.7 Å². The second kappa shape index (κ2) is 7.45. The lowest BCUT2D eigenvalue weighted by molar-refractivity contribution is -0.145. The van der Waals surface area contributed by atoms with E-state index in [2.05, 4.69) is 10.1 Å². The summed E-state index contributed by atoms with van der Waals surface area (Å²) in [6.45, 7) is -0.0811. The molecule has 18 heavy (non-hydrogen) atoms. The average Bonchev–Trinajstić information content (AvgIpc) is 2.38. The number of amides is 1. The first-order chi connectivity index (χ1) is 8.67. The van der Waals surface area contributed by atoms with E-state index in [0.29, 0.717) is 6.42 Å². The summed E-state index contributed by atoms with van der Waals surface area (Å²) in [5.74, 6) is -0.813. The summed E-state index contributed by atoms with van der Waals surface area (Å²) >= 11 is 0. The van der Waals surface area contributed by atoms with Gasteiger partial charge in [-0.05, 0) is 5.56 Å². The molecule has 0 aromatic heterocycles. The van der Waals surface area contributed by atoms with Crippen LogP contribution in [0.5, 0.6) is 0 Å². The molecule has 0 bridgehead atoms. The zero-order chi connectivity index (χ0) is 13.4. The van der Waals surface area contributed by atoms with Gasteiger partial charge in [-0.25, -0.2) is 4.79 Å². The van der Waals surface area contributed by atoms with Crippen molar-refractivity contribution >= 4 is 11.9 Å². The summed E-state index contributed by atoms with van der Waals surface area (Å²) in [5, 5.41) is 2.58. The van der Waals surface area contributed by atoms with Crippen LogP contribution < -0.4 is 5.32 Å². The smallest absolute Gasteiger partial charge is 0.328 e. The highest BCUT2D eigenvalue weighted by Crippen LogP contribution is 2.04. The van der Waals surface area contributed by atoms with Crippen LogP contribution in [0, 0.1) is 0 Å². The number of rotatable bonds is 6. The third kappa shape index (κ3) is 4.55. The largest absolute Gasteiger partial charge is 0.467 e. The highest BCUT2D eigenvalue weighted by atomic mass is 16.5. The van der Waals surface area contributed by atoms with Crippen molar-refractivity contribution in [2.24, 2.45) is 0 Å². The molecule has 1 atom stereocenters. The Kier molecular flexibility index (Phi) is 5.87. The molecule has 0 radical (unpaired) electrons. The number of hydrogen-bond acceptors (Lipinski definition) is 4. The van der Waals surface area contributed by atoms with Gasteiger partial charge >= 0.3 is 5.97 Å². The van der Waals surface area contributed by atoms with Crippen LogP contribution in [0.4, 0.5) is 0 Å². The molecule has 1 amide bonds. The Morgan fingerprint density at radius 2 is 1.89 bits per heavy atom. The molecule has 0 aliphatic rings. The first kappa shape index (κ1) is 14.2. The van der Waals surface area contributed by atoms with Gasteiger partial charge in [-0.1, -0.05) is 30.3 Å². The van der Waals surface area contributed by atoms with E-state index >= 15 is 0 Å². The summed E-state index contributed by atoms with van der Waals surface area (Å²) in [5.41, 5.74) is 0.950. The van der Waals surface area contributed by atoms with Crippen LogP contribution in [-0.2, 0) is 25.5 Å². The second-order valence-corrected chi connectivity index (χ2v) is 3.77. The van der Waals surface area contributed by atoms with Crippen molar-refractivity contribution in [1.82, 2.24) is 5.32 Å². The molecule has 0 fully saturated rings. The lowest BCUT2D eigenvalue weighted by Crippen LogP contribution is -2.44. The highest BCUT2D eigenvalue weighted by molar-refractivity contribution is 5.85. The lowest BCUT2D eigenvalue weighted by atomic mass is 10.1. The lowest BCUT2D eigenvalue weighted by Gasteiger charge is -2.16. The highest BCUT2D eigenvalue weighted by Gasteiger charge is 2.21. The molecule has 1 rings (SSSR count). The fourth-order valence-electron chi connectivity index (χ4n) is 1.55. The molecule has 0 spiro atoms. The van der Waals surface area contributed by atoms with Crippen molar-refractivity contribution in [3.63, 3.8) is 0 Å². The zero-order valence-corrected chi connectivity index (χ0v) is 10.5. The molecule has 0 saturated carbocycles. The zero-order valence-electron chi connectivity index (χ0n) is 10.5. The van der Waals surface area contributed by atoms with Crippen molar-refractivity contribution in [2.75, 3.05) is 20.8 Å². The van der Waals surface area contributed by atoms with E-state index in [4.69, 9.17) is 4.74 Å². The van der Waals surface area contributed by atoms with E-state index in [9.17, 15) is 9.59 Å². The van der Waals surface area contributed by atoms with Gasteiger partial charge in [-0.2, -0.15) is 0 Å². The SMILES string of the molecule is COCC(=O)NC(Cc1ccccc1)C(=O)OC. The predicted molar refractivity (Wildman–Crippen MR) is 66.0 cm³/mol. The van der Waals surface area contributed by atoms with Gasteiger partial charge in [0, 0.05) is 13.5 Å². The first-order valence-electron chi connectivity index (χ1n) is 5.57. The summed E-state index contributed by atoms with van der Waals surface area (Å²) in [7, 11) is 2.72. The Hall–Kier alpha value is -1.88. The second-order valence-electron chi connectivity index (χ2n) is 3.77. The number of hydrogen-bond donors (Lipinski definition) is 1. The fourth-order valence-corrected chi connectivity index (χ4v) is 1.55. The van der Waals surface area contributed by atoms with Gasteiger partial charge in [0.15, 0.2) is 0 Å². The van der Waals surface area contributed by atoms with Gasteiger partial charge in [-0.15, -0.1) is 0 Å². The minimum absolute atomic E-state index is 0.0811. The number of methoxy groups -OCH3 is 2. The van der Waals surface area contributed by atoms with Crippen LogP contribution in [0.2, 0.25) is 0 Å². The maximum Gasteiger partial charge on any atom is 0.328 e. The molecular formula is C13H17NO4. The summed E-state index contributed by atoms with van der Waals surface area (Å²) in [4.78, 5) is 23.0. The Bertz CT molecular complexity index is 391. The quantitative estimate of drug-likeness (QED) is 0.749. The monoisotopic (exact) mass is 251 g/mol. The van der Waals surface area contributed by atoms with Gasteiger partial charge in [-0.3, -0.25) is 4.79 Å². The molecule has 0 heterocycles. The Balaban J connectivity index is 2.67. The standard InChI is InChI=1S/C13H17NO4/c1-17-9-12(15)14-11(13(16)18-2)8-10-6-4-3-5-7-10/h3-7,11H,8-9H2,1-2H3,(H,14,15). The number of nitrogens with one attached hydrogen (secondary N) is 1. The number of esters is 1. The number of ether oxygens (including phenoxy) is 2. The van der Waals surface area contributed by atoms with Crippen LogP contribution >= 0.6 is 0 Å². The molecule has 1 aromatic rings. The van der Waals surface area contributed by atoms with Crippen LogP contribution in [0.1, 0.15) is 5.56 Å². The molecule has 5 nitrogen and oxygen atoms in total. The van der Waals surface area contributed by atoms with Gasteiger partial charge in [0.2, 0.25) is 5.91 Å². The molecule has 98 valence electrons. The Morgan fingerprint density at radius 1 is 1.22 bits per heavy atom. The topological polar surface area (TPSA) is 64.6 Å². The van der Waals surface area contributed by atoms with Crippen molar-refractivity contribution in [3.05, 3.63) is 35.9 Å². The van der Waals surface area contributed by atoms with Gasteiger partial charge < -0.3 is 14.8 Å². The van der Waals surface area contributed by atoms with Crippen molar-refractivity contribution in [3.8, 4) is 0 Å². The van der Waals surface area contributed by atoms with Gasteiger partial charge in [0.1, 0.15) is 12.6 Å². The third-order valence-electron chi connectivity index (χ3n) is 2.38. The van der Waals surface area contributed by atoms with E-state index in [1.807, 2.05) is 30.3 Å². The predicted octanol–water partition coefficient (Wildman–Crippen LogP) is 0.533. The molecule has 1 unspecified atom stereocenters. The van der Waals surface area contributed by atoms with Crippen molar-refractivity contribution < 1.29 is 19.1 Å². The van der Waals surface area contributed by atoms with E-state index < -0.39 is 12.0 Å². The van der Waals surface area contributed by atoms with Crippen LogP contribution in [0.3, 0.4) is 0 Å². The fraction of sp³-hybridized carbons (Fsp3) is 0.385. The normalized spacial score (nSPS) is 11.7. The molecule has 5 heteroatoms. The maximum atomic E-state index is 11.6. The number of benzene rings is 1. The summed E-state index contributed by atoms with van der Waals surface area (Å²) < 4.78 is 9.37. The third-order valence-corrected chi connectivity index (χ3v) is 2.38. The molecule has 0 aliphatic carbocycles. The van der Waals surface area contributed by atoms with E-state index in [-0.39, 0.29) is 12.5 Å². The number of carbonyl (C=O) groups excluding carboxylic acids is 2. The van der Waals surface area contributed by atoms with Gasteiger partial charge in [0.25, 0.3) is 0 Å². The van der Waals surface area contributed by atoms with Crippen molar-refractivity contribution in [1.29, 1.82) is 0 Å². The van der Waals surface area contributed by atoms with Crippen LogP contribution in [0.15, 0.2) is 30.3 Å². The maximum absolute atomic E-state index is 11.6. The van der Waals surface area contributed by atoms with Crippen molar-refractivity contribution in [2.45, 2.75) is 12.5 Å². The summed E-state index contributed by atoms with van der Waals surface area (Å²) in [6, 6.07) is 8.72. The molecule has 0 aliphatic heterocycles. The van der Waals surface area contributed by atoms with Gasteiger partial charge in [0.05, 0.1) is 7.11 Å².